The molecule has 0 bridgehead atoms. The third-order valence-electron chi connectivity index (χ3n) is 6.74. The van der Waals surface area contributed by atoms with Gasteiger partial charge in [-0.15, -0.1) is 0 Å². The highest BCUT2D eigenvalue weighted by atomic mass is 16.7. The summed E-state index contributed by atoms with van der Waals surface area (Å²) in [6.07, 6.45) is 2.29. The minimum absolute atomic E-state index is 0.0490. The van der Waals surface area contributed by atoms with Crippen molar-refractivity contribution in [2.75, 3.05) is 19.8 Å². The molecule has 25 heavy (non-hydrogen) atoms. The molecule has 2 N–H and O–H groups in total. The van der Waals surface area contributed by atoms with Crippen molar-refractivity contribution in [3.63, 3.8) is 0 Å². The highest BCUT2D eigenvalue weighted by Crippen LogP contribution is 2.52. The number of esters is 1. The first-order valence-electron chi connectivity index (χ1n) is 9.42. The van der Waals surface area contributed by atoms with E-state index in [9.17, 15) is 10.0 Å². The fraction of sp³-hybridized carbons (Fsp3) is 0.947. The van der Waals surface area contributed by atoms with Crippen molar-refractivity contribution in [2.45, 2.75) is 84.6 Å². The van der Waals surface area contributed by atoms with Gasteiger partial charge in [0, 0.05) is 6.92 Å². The molecule has 0 amide bonds. The summed E-state index contributed by atoms with van der Waals surface area (Å²) in [7, 11) is 0. The van der Waals surface area contributed by atoms with Gasteiger partial charge >= 0.3 is 5.97 Å². The number of carbonyl (C=O) groups is 1. The molecule has 2 rings (SSSR count). The van der Waals surface area contributed by atoms with E-state index < -0.39 is 11.3 Å². The van der Waals surface area contributed by atoms with Crippen LogP contribution in [0.4, 0.5) is 0 Å². The van der Waals surface area contributed by atoms with Crippen LogP contribution in [0.2, 0.25) is 0 Å². The van der Waals surface area contributed by atoms with Crippen LogP contribution in [-0.2, 0) is 14.3 Å². The predicted molar refractivity (Wildman–Crippen MR) is 95.3 cm³/mol. The Hall–Kier alpha value is -0.690. The predicted octanol–water partition coefficient (Wildman–Crippen LogP) is 2.88. The first-order chi connectivity index (χ1) is 11.5. The number of ether oxygens (including phenoxy) is 3. The summed E-state index contributed by atoms with van der Waals surface area (Å²) in [6, 6.07) is 0. The van der Waals surface area contributed by atoms with Crippen molar-refractivity contribution in [3.8, 4) is 0 Å². The molecule has 2 aliphatic heterocycles. The quantitative estimate of drug-likeness (QED) is 0.618. The topological polar surface area (TPSA) is 71.8 Å². The van der Waals surface area contributed by atoms with Gasteiger partial charge in [-0.3, -0.25) is 4.79 Å². The van der Waals surface area contributed by atoms with Crippen LogP contribution in [0.5, 0.6) is 0 Å². The Morgan fingerprint density at radius 3 is 2.40 bits per heavy atom. The van der Waals surface area contributed by atoms with Crippen LogP contribution in [0, 0.1) is 11.3 Å². The smallest absolute Gasteiger partial charge is 0.302 e. The third kappa shape index (κ3) is 3.46. The number of hydrogen-bond acceptors (Lipinski definition) is 5. The standard InChI is InChI=1S/C19H35NO5/c1-8-17(6)10-19(14(3)18(7,9-2)20(17)22)24-12-16(5,13-25-19)11-23-15(4)21/h14,22H,8-13H2,1-7H3/p+1. The Bertz CT molecular complexity index is 502. The van der Waals surface area contributed by atoms with Crippen molar-refractivity contribution in [3.05, 3.63) is 0 Å². The zero-order chi connectivity index (χ0) is 19.1. The summed E-state index contributed by atoms with van der Waals surface area (Å²) in [6.45, 7) is 15.4. The van der Waals surface area contributed by atoms with Gasteiger partial charge in [-0.25, -0.2) is 0 Å². The van der Waals surface area contributed by atoms with Gasteiger partial charge in [0.05, 0.1) is 35.4 Å². The Balaban J connectivity index is 2.24. The molecule has 0 aromatic carbocycles. The molecule has 1 spiro atoms. The Morgan fingerprint density at radius 1 is 1.32 bits per heavy atom. The van der Waals surface area contributed by atoms with Crippen molar-refractivity contribution < 1.29 is 24.2 Å². The molecule has 0 aliphatic carbocycles. The fourth-order valence-corrected chi connectivity index (χ4v) is 4.24. The monoisotopic (exact) mass is 358 g/mol. The average molecular weight is 358 g/mol. The molecule has 0 aromatic heterocycles. The first kappa shape index (κ1) is 20.6. The summed E-state index contributed by atoms with van der Waals surface area (Å²) >= 11 is 0. The van der Waals surface area contributed by atoms with Crippen molar-refractivity contribution in [1.29, 1.82) is 0 Å². The molecule has 0 radical (unpaired) electrons. The fourth-order valence-electron chi connectivity index (χ4n) is 4.24. The van der Waals surface area contributed by atoms with Crippen LogP contribution in [0.3, 0.4) is 0 Å². The second-order valence-corrected chi connectivity index (χ2v) is 8.81. The highest BCUT2D eigenvalue weighted by molar-refractivity contribution is 5.65. The van der Waals surface area contributed by atoms with E-state index in [-0.39, 0.29) is 22.8 Å². The van der Waals surface area contributed by atoms with Gasteiger partial charge in [0.1, 0.15) is 6.61 Å². The molecular weight excluding hydrogens is 322 g/mol. The molecule has 0 aromatic rings. The Labute approximate surface area is 151 Å². The van der Waals surface area contributed by atoms with E-state index in [0.29, 0.717) is 26.2 Å². The van der Waals surface area contributed by atoms with Gasteiger partial charge in [-0.05, 0) is 40.5 Å². The van der Waals surface area contributed by atoms with Crippen molar-refractivity contribution >= 4 is 5.97 Å². The lowest BCUT2D eigenvalue weighted by Gasteiger charge is -2.60. The van der Waals surface area contributed by atoms with Gasteiger partial charge < -0.3 is 19.4 Å². The number of rotatable bonds is 4. The number of hydrogen-bond donors (Lipinski definition) is 1. The van der Waals surface area contributed by atoms with Crippen LogP contribution in [0.1, 0.15) is 67.7 Å². The van der Waals surface area contributed by atoms with E-state index in [1.807, 2.05) is 6.92 Å². The van der Waals surface area contributed by atoms with E-state index in [1.54, 1.807) is 5.06 Å². The summed E-state index contributed by atoms with van der Waals surface area (Å²) in [5.41, 5.74) is -1.08. The lowest BCUT2D eigenvalue weighted by atomic mass is 9.67. The summed E-state index contributed by atoms with van der Waals surface area (Å²) in [5.74, 6) is -0.835. The number of carbonyl (C=O) groups excluding carboxylic acids is 1. The maximum atomic E-state index is 11.1. The number of aliphatic hydroxyl groups is 2. The molecule has 0 saturated carbocycles. The average Bonchev–Trinajstić information content (AvgIpc) is 2.59. The van der Waals surface area contributed by atoms with E-state index in [1.165, 1.54) is 6.92 Å². The Kier molecular flexibility index (Phi) is 5.61. The molecule has 5 atom stereocenters. The lowest BCUT2D eigenvalue weighted by Crippen LogP contribution is -2.74. The van der Waals surface area contributed by atoms with Gasteiger partial charge in [-0.1, -0.05) is 13.8 Å². The van der Waals surface area contributed by atoms with Crippen molar-refractivity contribution in [2.24, 2.45) is 11.3 Å². The van der Waals surface area contributed by atoms with Crippen LogP contribution in [0.15, 0.2) is 0 Å². The molecule has 2 aliphatic rings. The van der Waals surface area contributed by atoms with Crippen molar-refractivity contribution in [1.82, 2.24) is 5.06 Å². The van der Waals surface area contributed by atoms with Gasteiger partial charge in [0.2, 0.25) is 0 Å². The third-order valence-corrected chi connectivity index (χ3v) is 6.74. The Morgan fingerprint density at radius 2 is 1.96 bits per heavy atom. The molecule has 2 fully saturated rings. The molecule has 146 valence electrons. The largest absolute Gasteiger partial charge is 0.465 e. The molecule has 5 unspecified atom stereocenters. The van der Waals surface area contributed by atoms with E-state index in [4.69, 9.17) is 14.2 Å². The highest BCUT2D eigenvalue weighted by Gasteiger charge is 2.66. The second-order valence-electron chi connectivity index (χ2n) is 8.81. The molecule has 6 heteroatoms. The number of piperidine rings is 1. The van der Waals surface area contributed by atoms with Crippen LogP contribution in [0.25, 0.3) is 0 Å². The molecular formula is C19H36NO5+. The van der Waals surface area contributed by atoms with E-state index in [2.05, 4.69) is 34.6 Å². The summed E-state index contributed by atoms with van der Waals surface area (Å²) in [4.78, 5) is 11.1. The van der Waals surface area contributed by atoms with Gasteiger partial charge in [-0.2, -0.15) is 5.06 Å². The van der Waals surface area contributed by atoms with Gasteiger partial charge in [0.15, 0.2) is 6.61 Å². The first-order valence-corrected chi connectivity index (χ1v) is 9.42. The van der Waals surface area contributed by atoms with E-state index >= 15 is 0 Å². The minimum Gasteiger partial charge on any atom is -0.465 e. The summed E-state index contributed by atoms with van der Waals surface area (Å²) < 4.78 is 16.6. The van der Waals surface area contributed by atoms with Crippen LogP contribution >= 0.6 is 0 Å². The molecule has 2 saturated heterocycles. The SMILES string of the molecule is CCC1(C)CC2(OCC(C)(COC(C)=O)C[OH+]2)C(C)C(C)(CC)N1O. The zero-order valence-electron chi connectivity index (χ0n) is 16.9. The van der Waals surface area contributed by atoms with Crippen LogP contribution < -0.4 is 0 Å². The maximum Gasteiger partial charge on any atom is 0.302 e. The maximum absolute atomic E-state index is 11.1. The molecule has 6 nitrogen and oxygen atoms in total. The second kappa shape index (κ2) is 6.80. The molecule has 2 heterocycles. The lowest BCUT2D eigenvalue weighted by molar-refractivity contribution is -0.451. The zero-order valence-corrected chi connectivity index (χ0v) is 16.9. The van der Waals surface area contributed by atoms with E-state index in [0.717, 1.165) is 12.8 Å². The summed E-state index contributed by atoms with van der Waals surface area (Å²) in [5, 5.41) is 12.5. The van der Waals surface area contributed by atoms with Gasteiger partial charge in [0.25, 0.3) is 5.79 Å². The minimum atomic E-state index is -0.607. The van der Waals surface area contributed by atoms with Crippen LogP contribution in [-0.4, -0.2) is 57.7 Å². The number of hydroxylamine groups is 2. The normalized spacial score (nSPS) is 45.5. The number of nitrogens with zero attached hydrogens (tertiary/aromatic N) is 1.